The molecule has 5 heteroatoms. The van der Waals surface area contributed by atoms with E-state index in [2.05, 4.69) is 67.6 Å². The van der Waals surface area contributed by atoms with Gasteiger partial charge in [-0.05, 0) is 56.6 Å². The molecule has 150 valence electrons. The number of hydrogen-bond donors (Lipinski definition) is 4. The van der Waals surface area contributed by atoms with E-state index in [1.165, 1.54) is 22.2 Å². The Morgan fingerprint density at radius 3 is 2.70 bits per heavy atom. The molecular weight excluding hydrogens is 336 g/mol. The van der Waals surface area contributed by atoms with Gasteiger partial charge in [-0.1, -0.05) is 32.0 Å². The van der Waals surface area contributed by atoms with Crippen molar-refractivity contribution in [2.75, 3.05) is 26.2 Å². The van der Waals surface area contributed by atoms with Crippen molar-refractivity contribution in [3.63, 3.8) is 0 Å². The molecule has 0 saturated heterocycles. The van der Waals surface area contributed by atoms with E-state index in [1.54, 1.807) is 0 Å². The number of fused-ring (bicyclic) bond motifs is 1. The average molecular weight is 373 g/mol. The van der Waals surface area contributed by atoms with Crippen LogP contribution in [0.3, 0.4) is 0 Å². The fourth-order valence-corrected chi connectivity index (χ4v) is 3.66. The number of aromatic amines is 1. The molecule has 1 unspecified atom stereocenters. The predicted octanol–water partition coefficient (Wildman–Crippen LogP) is 3.62. The molecule has 0 aliphatic rings. The Kier molecular flexibility index (Phi) is 8.65. The zero-order chi connectivity index (χ0) is 19.6. The summed E-state index contributed by atoms with van der Waals surface area (Å²) in [4.78, 5) is 8.23. The van der Waals surface area contributed by atoms with E-state index in [9.17, 15) is 5.11 Å². The molecule has 0 bridgehead atoms. The molecule has 1 heterocycles. The zero-order valence-corrected chi connectivity index (χ0v) is 17.3. The lowest BCUT2D eigenvalue weighted by Crippen LogP contribution is -2.38. The lowest BCUT2D eigenvalue weighted by atomic mass is 9.94. The quantitative estimate of drug-likeness (QED) is 0.380. The SMILES string of the molecule is CCNC(=NCC(CCO)CC(C)C)NCCc1c(C)[nH]c2ccccc12. The Morgan fingerprint density at radius 1 is 1.22 bits per heavy atom. The van der Waals surface area contributed by atoms with E-state index in [1.807, 2.05) is 0 Å². The summed E-state index contributed by atoms with van der Waals surface area (Å²) in [5, 5.41) is 17.4. The number of rotatable bonds is 10. The summed E-state index contributed by atoms with van der Waals surface area (Å²) in [5.41, 5.74) is 3.80. The summed E-state index contributed by atoms with van der Waals surface area (Å²) in [7, 11) is 0. The minimum Gasteiger partial charge on any atom is -0.396 e. The topological polar surface area (TPSA) is 72.4 Å². The van der Waals surface area contributed by atoms with Gasteiger partial charge in [0.25, 0.3) is 0 Å². The minimum atomic E-state index is 0.233. The Labute approximate surface area is 163 Å². The van der Waals surface area contributed by atoms with Crippen LogP contribution in [-0.2, 0) is 6.42 Å². The van der Waals surface area contributed by atoms with Gasteiger partial charge in [-0.3, -0.25) is 4.99 Å². The van der Waals surface area contributed by atoms with Gasteiger partial charge < -0.3 is 20.7 Å². The highest BCUT2D eigenvalue weighted by molar-refractivity contribution is 5.84. The number of aromatic nitrogens is 1. The number of para-hydroxylation sites is 1. The Morgan fingerprint density at radius 2 is 2.00 bits per heavy atom. The number of aryl methyl sites for hydroxylation is 1. The number of aliphatic imine (C=N–C) groups is 1. The summed E-state index contributed by atoms with van der Waals surface area (Å²) < 4.78 is 0. The summed E-state index contributed by atoms with van der Waals surface area (Å²) in [6, 6.07) is 8.46. The number of aliphatic hydroxyl groups excluding tert-OH is 1. The van der Waals surface area contributed by atoms with Crippen LogP contribution in [0.5, 0.6) is 0 Å². The van der Waals surface area contributed by atoms with Gasteiger partial charge in [0.2, 0.25) is 0 Å². The van der Waals surface area contributed by atoms with Crippen LogP contribution >= 0.6 is 0 Å². The summed E-state index contributed by atoms with van der Waals surface area (Å²) in [6.45, 7) is 11.3. The lowest BCUT2D eigenvalue weighted by Gasteiger charge is -2.17. The first-order valence-electron chi connectivity index (χ1n) is 10.2. The molecule has 2 aromatic rings. The maximum absolute atomic E-state index is 9.30. The highest BCUT2D eigenvalue weighted by Crippen LogP contribution is 2.22. The first kappa shape index (κ1) is 21.3. The number of H-pyrrole nitrogens is 1. The van der Waals surface area contributed by atoms with Crippen LogP contribution < -0.4 is 10.6 Å². The third-order valence-corrected chi connectivity index (χ3v) is 4.89. The van der Waals surface area contributed by atoms with Crippen molar-refractivity contribution in [3.05, 3.63) is 35.5 Å². The third kappa shape index (κ3) is 6.58. The van der Waals surface area contributed by atoms with Crippen molar-refractivity contribution < 1.29 is 5.11 Å². The van der Waals surface area contributed by atoms with Gasteiger partial charge >= 0.3 is 0 Å². The molecule has 0 spiro atoms. The molecule has 0 fully saturated rings. The van der Waals surface area contributed by atoms with Crippen LogP contribution in [0.25, 0.3) is 10.9 Å². The van der Waals surface area contributed by atoms with Gasteiger partial charge in [0, 0.05) is 42.8 Å². The number of nitrogens with one attached hydrogen (secondary N) is 3. The van der Waals surface area contributed by atoms with E-state index in [-0.39, 0.29) is 6.61 Å². The molecule has 0 aliphatic carbocycles. The molecule has 27 heavy (non-hydrogen) atoms. The smallest absolute Gasteiger partial charge is 0.191 e. The van der Waals surface area contributed by atoms with Crippen LogP contribution in [0.2, 0.25) is 0 Å². The van der Waals surface area contributed by atoms with Gasteiger partial charge in [-0.15, -0.1) is 0 Å². The summed E-state index contributed by atoms with van der Waals surface area (Å²) >= 11 is 0. The van der Waals surface area contributed by atoms with E-state index >= 15 is 0 Å². The molecular formula is C22H36N4O. The van der Waals surface area contributed by atoms with Crippen molar-refractivity contribution in [3.8, 4) is 0 Å². The van der Waals surface area contributed by atoms with Crippen LogP contribution in [0, 0.1) is 18.8 Å². The minimum absolute atomic E-state index is 0.233. The Hall–Kier alpha value is -2.01. The second-order valence-electron chi connectivity index (χ2n) is 7.68. The van der Waals surface area contributed by atoms with Gasteiger partial charge in [0.05, 0.1) is 0 Å². The van der Waals surface area contributed by atoms with Crippen molar-refractivity contribution >= 4 is 16.9 Å². The monoisotopic (exact) mass is 372 g/mol. The highest BCUT2D eigenvalue weighted by atomic mass is 16.3. The highest BCUT2D eigenvalue weighted by Gasteiger charge is 2.11. The number of aliphatic hydroxyl groups is 1. The first-order valence-corrected chi connectivity index (χ1v) is 10.2. The second kappa shape index (κ2) is 11.0. The largest absolute Gasteiger partial charge is 0.396 e. The third-order valence-electron chi connectivity index (χ3n) is 4.89. The van der Waals surface area contributed by atoms with E-state index in [4.69, 9.17) is 4.99 Å². The standard InChI is InChI=1S/C22H36N4O/c1-5-23-22(25-15-18(11-13-27)14-16(2)3)24-12-10-19-17(4)26-21-9-7-6-8-20(19)21/h6-9,16,18,26-27H,5,10-15H2,1-4H3,(H2,23,24,25). The zero-order valence-electron chi connectivity index (χ0n) is 17.3. The van der Waals surface area contributed by atoms with Gasteiger partial charge in [-0.25, -0.2) is 0 Å². The fourth-order valence-electron chi connectivity index (χ4n) is 3.66. The van der Waals surface area contributed by atoms with Crippen molar-refractivity contribution in [1.29, 1.82) is 0 Å². The molecule has 1 aromatic heterocycles. The Balaban J connectivity index is 1.95. The molecule has 0 amide bonds. The molecule has 0 saturated carbocycles. The molecule has 0 radical (unpaired) electrons. The van der Waals surface area contributed by atoms with Gasteiger partial charge in [0.15, 0.2) is 5.96 Å². The summed E-state index contributed by atoms with van der Waals surface area (Å²) in [5.74, 6) is 1.92. The first-order chi connectivity index (χ1) is 13.0. The molecule has 4 N–H and O–H groups in total. The molecule has 2 rings (SSSR count). The maximum atomic E-state index is 9.30. The van der Waals surface area contributed by atoms with Crippen molar-refractivity contribution in [2.24, 2.45) is 16.8 Å². The molecule has 1 atom stereocenters. The molecule has 5 nitrogen and oxygen atoms in total. The van der Waals surface area contributed by atoms with E-state index < -0.39 is 0 Å². The van der Waals surface area contributed by atoms with E-state index in [0.717, 1.165) is 44.9 Å². The molecule has 1 aromatic carbocycles. The number of hydrogen-bond acceptors (Lipinski definition) is 2. The van der Waals surface area contributed by atoms with Crippen LogP contribution in [0.15, 0.2) is 29.3 Å². The van der Waals surface area contributed by atoms with Crippen molar-refractivity contribution in [2.45, 2.75) is 47.0 Å². The fraction of sp³-hybridized carbons (Fsp3) is 0.591. The summed E-state index contributed by atoms with van der Waals surface area (Å²) in [6.07, 6.45) is 2.86. The van der Waals surface area contributed by atoms with Crippen LogP contribution in [0.1, 0.15) is 44.9 Å². The second-order valence-corrected chi connectivity index (χ2v) is 7.68. The predicted molar refractivity (Wildman–Crippen MR) is 115 cm³/mol. The van der Waals surface area contributed by atoms with Gasteiger partial charge in [0.1, 0.15) is 0 Å². The number of guanidine groups is 1. The average Bonchev–Trinajstić information content (AvgIpc) is 2.94. The normalized spacial score (nSPS) is 13.3. The van der Waals surface area contributed by atoms with Crippen LogP contribution in [0.4, 0.5) is 0 Å². The van der Waals surface area contributed by atoms with Crippen molar-refractivity contribution in [1.82, 2.24) is 15.6 Å². The lowest BCUT2D eigenvalue weighted by molar-refractivity contribution is 0.245. The maximum Gasteiger partial charge on any atom is 0.191 e. The number of benzene rings is 1. The Bertz CT molecular complexity index is 720. The number of nitrogens with zero attached hydrogens (tertiary/aromatic N) is 1. The molecule has 0 aliphatic heterocycles. The van der Waals surface area contributed by atoms with E-state index in [0.29, 0.717) is 11.8 Å². The van der Waals surface area contributed by atoms with Gasteiger partial charge in [-0.2, -0.15) is 0 Å². The van der Waals surface area contributed by atoms with Crippen LogP contribution in [-0.4, -0.2) is 42.3 Å².